The van der Waals surface area contributed by atoms with E-state index in [-0.39, 0.29) is 28.9 Å². The van der Waals surface area contributed by atoms with Crippen LogP contribution in [0.3, 0.4) is 0 Å². The Morgan fingerprint density at radius 3 is 2.56 bits per heavy atom. The summed E-state index contributed by atoms with van der Waals surface area (Å²) in [5.41, 5.74) is 1.73. The second-order valence-electron chi connectivity index (χ2n) is 6.50. The van der Waals surface area contributed by atoms with Crippen LogP contribution < -0.4 is 5.56 Å². The summed E-state index contributed by atoms with van der Waals surface area (Å²) < 4.78 is 14.8. The summed E-state index contributed by atoms with van der Waals surface area (Å²) in [6.45, 7) is 4.90. The van der Waals surface area contributed by atoms with Gasteiger partial charge in [-0.1, -0.05) is 12.1 Å². The molecule has 0 bridgehead atoms. The van der Waals surface area contributed by atoms with Crippen LogP contribution >= 0.6 is 0 Å². The average molecular weight is 342 g/mol. The lowest BCUT2D eigenvalue weighted by Crippen LogP contribution is -2.41. The molecule has 1 atom stereocenters. The average Bonchev–Trinajstić information content (AvgIpc) is 2.62. The second-order valence-corrected chi connectivity index (χ2v) is 6.50. The highest BCUT2D eigenvalue weighted by atomic mass is 19.1. The van der Waals surface area contributed by atoms with Gasteiger partial charge < -0.3 is 9.47 Å². The zero-order valence-corrected chi connectivity index (χ0v) is 14.7. The van der Waals surface area contributed by atoms with Gasteiger partial charge in [-0.05, 0) is 62.9 Å². The number of benzene rings is 1. The van der Waals surface area contributed by atoms with Crippen LogP contribution in [0.25, 0.3) is 0 Å². The second kappa shape index (κ2) is 7.21. The molecule has 4 nitrogen and oxygen atoms in total. The minimum atomic E-state index is -0.290. The SMILES string of the molecule is CCn1c(C)ccc(C(=O)N2CCCC[C@@H]2c2ccc(F)cc2)c1=O. The van der Waals surface area contributed by atoms with E-state index < -0.39 is 0 Å². The summed E-state index contributed by atoms with van der Waals surface area (Å²) in [4.78, 5) is 27.5. The van der Waals surface area contributed by atoms with Crippen molar-refractivity contribution in [1.29, 1.82) is 0 Å². The molecule has 1 saturated heterocycles. The monoisotopic (exact) mass is 342 g/mol. The summed E-state index contributed by atoms with van der Waals surface area (Å²) >= 11 is 0. The number of nitrogens with zero attached hydrogens (tertiary/aromatic N) is 2. The van der Waals surface area contributed by atoms with Gasteiger partial charge in [-0.2, -0.15) is 0 Å². The van der Waals surface area contributed by atoms with Gasteiger partial charge in [0.2, 0.25) is 0 Å². The third-order valence-electron chi connectivity index (χ3n) is 4.96. The molecule has 5 heteroatoms. The fraction of sp³-hybridized carbons (Fsp3) is 0.400. The maximum absolute atomic E-state index is 13.2. The predicted molar refractivity (Wildman–Crippen MR) is 95.1 cm³/mol. The Balaban J connectivity index is 1.97. The lowest BCUT2D eigenvalue weighted by Gasteiger charge is -2.36. The van der Waals surface area contributed by atoms with E-state index in [9.17, 15) is 14.0 Å². The summed E-state index contributed by atoms with van der Waals surface area (Å²) in [6, 6.07) is 9.62. The molecule has 1 aliphatic rings. The molecular formula is C20H23FN2O2. The molecule has 3 rings (SSSR count). The molecule has 1 aliphatic heterocycles. The Morgan fingerprint density at radius 1 is 1.16 bits per heavy atom. The van der Waals surface area contributed by atoms with Crippen molar-refractivity contribution in [2.24, 2.45) is 0 Å². The first-order chi connectivity index (χ1) is 12.0. The Morgan fingerprint density at radius 2 is 1.88 bits per heavy atom. The van der Waals surface area contributed by atoms with Crippen molar-refractivity contribution in [2.45, 2.75) is 45.7 Å². The van der Waals surface area contributed by atoms with E-state index in [1.54, 1.807) is 27.7 Å². The number of amides is 1. The van der Waals surface area contributed by atoms with Gasteiger partial charge in [-0.3, -0.25) is 9.59 Å². The van der Waals surface area contributed by atoms with Crippen LogP contribution in [0.1, 0.15) is 53.8 Å². The lowest BCUT2D eigenvalue weighted by atomic mass is 9.94. The van der Waals surface area contributed by atoms with Crippen LogP contribution in [0.15, 0.2) is 41.2 Å². The molecule has 0 N–H and O–H groups in total. The first kappa shape index (κ1) is 17.4. The molecule has 2 heterocycles. The number of hydrogen-bond acceptors (Lipinski definition) is 2. The molecule has 132 valence electrons. The van der Waals surface area contributed by atoms with Crippen molar-refractivity contribution < 1.29 is 9.18 Å². The highest BCUT2D eigenvalue weighted by Gasteiger charge is 2.30. The zero-order chi connectivity index (χ0) is 18.0. The smallest absolute Gasteiger partial charge is 0.263 e. The summed E-state index contributed by atoms with van der Waals surface area (Å²) in [6.07, 6.45) is 2.75. The molecule has 2 aromatic rings. The van der Waals surface area contributed by atoms with Crippen LogP contribution in [0.5, 0.6) is 0 Å². The summed E-state index contributed by atoms with van der Waals surface area (Å²) in [7, 11) is 0. The number of aromatic nitrogens is 1. The number of aryl methyl sites for hydroxylation is 1. The Labute approximate surface area is 146 Å². The normalized spacial score (nSPS) is 17.6. The van der Waals surface area contributed by atoms with Gasteiger partial charge in [0.25, 0.3) is 11.5 Å². The highest BCUT2D eigenvalue weighted by Crippen LogP contribution is 2.31. The third kappa shape index (κ3) is 3.36. The standard InChI is InChI=1S/C20H23FN2O2/c1-3-22-14(2)7-12-17(19(22)24)20(25)23-13-5-4-6-18(23)15-8-10-16(21)11-9-15/h7-12,18H,3-6,13H2,1-2H3/t18-/m1/s1. The van der Waals surface area contributed by atoms with Crippen molar-refractivity contribution in [2.75, 3.05) is 6.54 Å². The van der Waals surface area contributed by atoms with E-state index in [0.717, 1.165) is 30.5 Å². The molecule has 0 saturated carbocycles. The molecule has 1 fully saturated rings. The van der Waals surface area contributed by atoms with Crippen molar-refractivity contribution in [1.82, 2.24) is 9.47 Å². The predicted octanol–water partition coefficient (Wildman–Crippen LogP) is 3.68. The van der Waals surface area contributed by atoms with E-state index in [4.69, 9.17) is 0 Å². The molecule has 0 aliphatic carbocycles. The van der Waals surface area contributed by atoms with Gasteiger partial charge in [0.05, 0.1) is 6.04 Å². The van der Waals surface area contributed by atoms with Gasteiger partial charge in [0.1, 0.15) is 11.4 Å². The van der Waals surface area contributed by atoms with Gasteiger partial charge in [-0.15, -0.1) is 0 Å². The Hall–Kier alpha value is -2.43. The molecule has 1 aromatic heterocycles. The fourth-order valence-electron chi connectivity index (χ4n) is 3.59. The highest BCUT2D eigenvalue weighted by molar-refractivity contribution is 5.94. The van der Waals surface area contributed by atoms with Crippen molar-refractivity contribution in [3.8, 4) is 0 Å². The number of halogens is 1. The van der Waals surface area contributed by atoms with E-state index in [1.807, 2.05) is 19.9 Å². The number of rotatable bonds is 3. The number of likely N-dealkylation sites (tertiary alicyclic amines) is 1. The van der Waals surface area contributed by atoms with Crippen molar-refractivity contribution in [3.05, 3.63) is 69.4 Å². The van der Waals surface area contributed by atoms with E-state index in [1.165, 1.54) is 12.1 Å². The number of hydrogen-bond donors (Lipinski definition) is 0. The van der Waals surface area contributed by atoms with Crippen LogP contribution in [-0.4, -0.2) is 21.9 Å². The summed E-state index contributed by atoms with van der Waals surface area (Å²) in [5, 5.41) is 0. The summed E-state index contributed by atoms with van der Waals surface area (Å²) in [5.74, 6) is -0.525. The fourth-order valence-corrected chi connectivity index (χ4v) is 3.59. The first-order valence-corrected chi connectivity index (χ1v) is 8.79. The molecule has 0 unspecified atom stereocenters. The first-order valence-electron chi connectivity index (χ1n) is 8.79. The van der Waals surface area contributed by atoms with Gasteiger partial charge in [0, 0.05) is 18.8 Å². The van der Waals surface area contributed by atoms with Crippen LogP contribution in [0, 0.1) is 12.7 Å². The lowest BCUT2D eigenvalue weighted by molar-refractivity contribution is 0.0609. The minimum absolute atomic E-state index is 0.113. The molecule has 1 amide bonds. The van der Waals surface area contributed by atoms with Gasteiger partial charge >= 0.3 is 0 Å². The quantitative estimate of drug-likeness (QED) is 0.854. The van der Waals surface area contributed by atoms with Crippen molar-refractivity contribution in [3.63, 3.8) is 0 Å². The maximum atomic E-state index is 13.2. The van der Waals surface area contributed by atoms with E-state index in [0.29, 0.717) is 13.1 Å². The topological polar surface area (TPSA) is 42.3 Å². The molecule has 0 radical (unpaired) electrons. The maximum Gasteiger partial charge on any atom is 0.263 e. The number of piperidine rings is 1. The Kier molecular flexibility index (Phi) is 5.02. The van der Waals surface area contributed by atoms with Crippen molar-refractivity contribution >= 4 is 5.91 Å². The van der Waals surface area contributed by atoms with Crippen LogP contribution in [0.2, 0.25) is 0 Å². The van der Waals surface area contributed by atoms with Crippen LogP contribution in [-0.2, 0) is 6.54 Å². The number of carbonyl (C=O) groups is 1. The third-order valence-corrected chi connectivity index (χ3v) is 4.96. The van der Waals surface area contributed by atoms with Gasteiger partial charge in [-0.25, -0.2) is 4.39 Å². The Bertz CT molecular complexity index is 827. The minimum Gasteiger partial charge on any atom is -0.331 e. The van der Waals surface area contributed by atoms with Crippen LogP contribution in [0.4, 0.5) is 4.39 Å². The van der Waals surface area contributed by atoms with E-state index in [2.05, 4.69) is 0 Å². The zero-order valence-electron chi connectivity index (χ0n) is 14.7. The molecular weight excluding hydrogens is 319 g/mol. The number of pyridine rings is 1. The van der Waals surface area contributed by atoms with E-state index >= 15 is 0 Å². The largest absolute Gasteiger partial charge is 0.331 e. The molecule has 0 spiro atoms. The molecule has 1 aromatic carbocycles. The van der Waals surface area contributed by atoms with Gasteiger partial charge in [0.15, 0.2) is 0 Å². The molecule has 25 heavy (non-hydrogen) atoms. The number of carbonyl (C=O) groups excluding carboxylic acids is 1.